The zero-order valence-corrected chi connectivity index (χ0v) is 12.9. The maximum Gasteiger partial charge on any atom is 0.0376 e. The summed E-state index contributed by atoms with van der Waals surface area (Å²) in [5.41, 5.74) is 2.89. The lowest BCUT2D eigenvalue weighted by molar-refractivity contribution is 0.240. The van der Waals surface area contributed by atoms with Crippen LogP contribution in [0.25, 0.3) is 0 Å². The van der Waals surface area contributed by atoms with Crippen LogP contribution in [-0.4, -0.2) is 30.6 Å². The van der Waals surface area contributed by atoms with Crippen LogP contribution in [0.15, 0.2) is 24.3 Å². The van der Waals surface area contributed by atoms with Gasteiger partial charge in [-0.3, -0.25) is 0 Å². The third kappa shape index (κ3) is 3.35. The molecule has 1 N–H and O–H groups in total. The summed E-state index contributed by atoms with van der Waals surface area (Å²) >= 11 is 0. The molecule has 3 rings (SSSR count). The first-order valence-electron chi connectivity index (χ1n) is 8.31. The van der Waals surface area contributed by atoms with Crippen LogP contribution in [0, 0.1) is 5.92 Å². The van der Waals surface area contributed by atoms with Crippen molar-refractivity contribution in [2.24, 2.45) is 5.92 Å². The Morgan fingerprint density at radius 2 is 2.00 bits per heavy atom. The Bertz CT molecular complexity index is 437. The number of fused-ring (bicyclic) bond motifs is 1. The smallest absolute Gasteiger partial charge is 0.0376 e. The molecule has 0 saturated heterocycles. The predicted octanol–water partition coefficient (Wildman–Crippen LogP) is 4.10. The summed E-state index contributed by atoms with van der Waals surface area (Å²) in [5.74, 6) is 1.54. The summed E-state index contributed by atoms with van der Waals surface area (Å²) in [6.07, 6.45) is 5.50. The van der Waals surface area contributed by atoms with Gasteiger partial charge in [-0.2, -0.15) is 0 Å². The van der Waals surface area contributed by atoms with Crippen LogP contribution < -0.4 is 5.32 Å². The lowest BCUT2D eigenvalue weighted by Crippen LogP contribution is -2.30. The summed E-state index contributed by atoms with van der Waals surface area (Å²) in [5, 5.41) is 3.55. The molecule has 2 nitrogen and oxygen atoms in total. The van der Waals surface area contributed by atoms with E-state index in [4.69, 9.17) is 0 Å². The van der Waals surface area contributed by atoms with Crippen molar-refractivity contribution in [3.05, 3.63) is 29.8 Å². The second kappa shape index (κ2) is 6.17. The van der Waals surface area contributed by atoms with E-state index in [2.05, 4.69) is 48.3 Å². The minimum absolute atomic E-state index is 0.714. The van der Waals surface area contributed by atoms with Crippen LogP contribution in [0.4, 0.5) is 5.69 Å². The van der Waals surface area contributed by atoms with Crippen LogP contribution in [0.1, 0.15) is 51.0 Å². The van der Waals surface area contributed by atoms with Crippen molar-refractivity contribution in [1.82, 2.24) is 4.90 Å². The van der Waals surface area contributed by atoms with Crippen LogP contribution in [0.2, 0.25) is 0 Å². The van der Waals surface area contributed by atoms with E-state index in [0.29, 0.717) is 5.92 Å². The van der Waals surface area contributed by atoms with Gasteiger partial charge in [-0.05, 0) is 56.3 Å². The average Bonchev–Trinajstić information content (AvgIpc) is 3.20. The topological polar surface area (TPSA) is 15.3 Å². The van der Waals surface area contributed by atoms with E-state index in [1.54, 1.807) is 0 Å². The average molecular weight is 272 g/mol. The van der Waals surface area contributed by atoms with Crippen molar-refractivity contribution in [3.63, 3.8) is 0 Å². The Kier molecular flexibility index (Phi) is 4.30. The molecule has 2 aliphatic rings. The summed E-state index contributed by atoms with van der Waals surface area (Å²) in [6, 6.07) is 9.73. The molecular weight excluding hydrogens is 244 g/mol. The SMILES string of the molecule is CC(C)CCN(CCC1CNc2ccccc21)C1CC1. The van der Waals surface area contributed by atoms with E-state index < -0.39 is 0 Å². The van der Waals surface area contributed by atoms with Crippen LogP contribution in [-0.2, 0) is 0 Å². The summed E-state index contributed by atoms with van der Waals surface area (Å²) < 4.78 is 0. The number of benzene rings is 1. The molecule has 1 saturated carbocycles. The number of anilines is 1. The lowest BCUT2D eigenvalue weighted by Gasteiger charge is -2.24. The second-order valence-corrected chi connectivity index (χ2v) is 6.90. The molecule has 0 radical (unpaired) electrons. The monoisotopic (exact) mass is 272 g/mol. The van der Waals surface area contributed by atoms with Crippen molar-refractivity contribution in [2.75, 3.05) is 25.0 Å². The van der Waals surface area contributed by atoms with Gasteiger partial charge in [0.1, 0.15) is 0 Å². The van der Waals surface area contributed by atoms with Gasteiger partial charge in [0.25, 0.3) is 0 Å². The third-order valence-corrected chi connectivity index (χ3v) is 4.76. The summed E-state index contributed by atoms with van der Waals surface area (Å²) in [4.78, 5) is 2.75. The first kappa shape index (κ1) is 13.9. The minimum atomic E-state index is 0.714. The number of para-hydroxylation sites is 1. The quantitative estimate of drug-likeness (QED) is 0.804. The molecule has 1 aliphatic heterocycles. The maximum atomic E-state index is 3.55. The van der Waals surface area contributed by atoms with Crippen molar-refractivity contribution in [3.8, 4) is 0 Å². The van der Waals surface area contributed by atoms with Crippen molar-refractivity contribution in [2.45, 2.75) is 51.5 Å². The molecule has 110 valence electrons. The molecule has 1 aliphatic carbocycles. The Morgan fingerprint density at radius 1 is 1.20 bits per heavy atom. The number of nitrogens with zero attached hydrogens (tertiary/aromatic N) is 1. The Balaban J connectivity index is 1.53. The van der Waals surface area contributed by atoms with Gasteiger partial charge in [-0.1, -0.05) is 32.0 Å². The fourth-order valence-corrected chi connectivity index (χ4v) is 3.28. The minimum Gasteiger partial charge on any atom is -0.384 e. The molecule has 1 aromatic rings. The second-order valence-electron chi connectivity index (χ2n) is 6.90. The van der Waals surface area contributed by atoms with Gasteiger partial charge in [0.2, 0.25) is 0 Å². The molecule has 1 heterocycles. The van der Waals surface area contributed by atoms with Crippen LogP contribution in [0.5, 0.6) is 0 Å². The molecule has 1 aromatic carbocycles. The lowest BCUT2D eigenvalue weighted by atomic mass is 9.97. The molecular formula is C18H28N2. The van der Waals surface area contributed by atoms with E-state index >= 15 is 0 Å². The Hall–Kier alpha value is -1.02. The summed E-state index contributed by atoms with van der Waals surface area (Å²) in [7, 11) is 0. The third-order valence-electron chi connectivity index (χ3n) is 4.76. The molecule has 1 unspecified atom stereocenters. The van der Waals surface area contributed by atoms with Gasteiger partial charge in [0.05, 0.1) is 0 Å². The molecule has 0 aromatic heterocycles. The predicted molar refractivity (Wildman–Crippen MR) is 86.3 cm³/mol. The van der Waals surface area contributed by atoms with Crippen molar-refractivity contribution >= 4 is 5.69 Å². The number of rotatable bonds is 7. The van der Waals surface area contributed by atoms with E-state index in [1.165, 1.54) is 50.0 Å². The van der Waals surface area contributed by atoms with Gasteiger partial charge in [-0.25, -0.2) is 0 Å². The zero-order valence-electron chi connectivity index (χ0n) is 12.9. The highest BCUT2D eigenvalue weighted by atomic mass is 15.2. The van der Waals surface area contributed by atoms with E-state index in [9.17, 15) is 0 Å². The normalized spacial score (nSPS) is 21.3. The van der Waals surface area contributed by atoms with Crippen LogP contribution in [0.3, 0.4) is 0 Å². The van der Waals surface area contributed by atoms with Gasteiger partial charge in [0.15, 0.2) is 0 Å². The number of hydrogen-bond donors (Lipinski definition) is 1. The number of nitrogens with one attached hydrogen (secondary N) is 1. The standard InChI is InChI=1S/C18H28N2/c1-14(2)9-11-20(16-7-8-16)12-10-15-13-19-18-6-4-3-5-17(15)18/h3-6,14-16,19H,7-13H2,1-2H3. The molecule has 1 fully saturated rings. The highest BCUT2D eigenvalue weighted by molar-refractivity contribution is 5.57. The molecule has 0 bridgehead atoms. The van der Waals surface area contributed by atoms with Crippen molar-refractivity contribution in [1.29, 1.82) is 0 Å². The first-order valence-corrected chi connectivity index (χ1v) is 8.31. The number of hydrogen-bond acceptors (Lipinski definition) is 2. The molecule has 0 spiro atoms. The van der Waals surface area contributed by atoms with Crippen molar-refractivity contribution < 1.29 is 0 Å². The van der Waals surface area contributed by atoms with E-state index in [1.807, 2.05) is 0 Å². The maximum absolute atomic E-state index is 3.55. The molecule has 0 amide bonds. The van der Waals surface area contributed by atoms with Gasteiger partial charge in [0, 0.05) is 24.2 Å². The molecule has 2 heteroatoms. The van der Waals surface area contributed by atoms with Gasteiger partial charge >= 0.3 is 0 Å². The first-order chi connectivity index (χ1) is 9.74. The van der Waals surface area contributed by atoms with E-state index in [-0.39, 0.29) is 0 Å². The Morgan fingerprint density at radius 3 is 2.75 bits per heavy atom. The Labute approximate surface area is 123 Å². The largest absolute Gasteiger partial charge is 0.384 e. The van der Waals surface area contributed by atoms with Crippen LogP contribution >= 0.6 is 0 Å². The fraction of sp³-hybridized carbons (Fsp3) is 0.667. The van der Waals surface area contributed by atoms with Gasteiger partial charge in [-0.15, -0.1) is 0 Å². The van der Waals surface area contributed by atoms with Gasteiger partial charge < -0.3 is 10.2 Å². The van der Waals surface area contributed by atoms with E-state index in [0.717, 1.165) is 18.5 Å². The molecule has 1 atom stereocenters. The fourth-order valence-electron chi connectivity index (χ4n) is 3.28. The highest BCUT2D eigenvalue weighted by Crippen LogP contribution is 2.34. The molecule has 20 heavy (non-hydrogen) atoms. The zero-order chi connectivity index (χ0) is 13.9. The summed E-state index contributed by atoms with van der Waals surface area (Å²) in [6.45, 7) is 8.37. The highest BCUT2D eigenvalue weighted by Gasteiger charge is 2.30.